The first-order valence-electron chi connectivity index (χ1n) is 7.47. The topological polar surface area (TPSA) is 93.7 Å². The minimum Gasteiger partial charge on any atom is -0.372 e. The summed E-state index contributed by atoms with van der Waals surface area (Å²) in [5.41, 5.74) is 7.73. The van der Waals surface area contributed by atoms with Crippen molar-refractivity contribution in [3.8, 4) is 0 Å². The number of fused-ring (bicyclic) bond motifs is 1. The van der Waals surface area contributed by atoms with Crippen molar-refractivity contribution >= 4 is 22.8 Å². The number of anilines is 2. The molecule has 1 atom stereocenters. The van der Waals surface area contributed by atoms with Crippen LogP contribution in [0.15, 0.2) is 36.5 Å². The molecule has 0 saturated heterocycles. The first-order valence-corrected chi connectivity index (χ1v) is 7.47. The van der Waals surface area contributed by atoms with Crippen LogP contribution in [0, 0.1) is 0 Å². The average Bonchev–Trinajstić information content (AvgIpc) is 2.94. The van der Waals surface area contributed by atoms with Crippen LogP contribution in [-0.4, -0.2) is 33.3 Å². The summed E-state index contributed by atoms with van der Waals surface area (Å²) in [6.07, 6.45) is 1.75. The van der Waals surface area contributed by atoms with Crippen molar-refractivity contribution < 1.29 is 0 Å². The van der Waals surface area contributed by atoms with E-state index in [1.54, 1.807) is 10.9 Å². The third-order valence-electron chi connectivity index (χ3n) is 3.88. The van der Waals surface area contributed by atoms with E-state index in [4.69, 9.17) is 5.73 Å². The average molecular weight is 311 g/mol. The molecule has 0 amide bonds. The number of benzene rings is 1. The van der Waals surface area contributed by atoms with Gasteiger partial charge in [0.25, 0.3) is 0 Å². The third kappa shape index (κ3) is 2.95. The highest BCUT2D eigenvalue weighted by Crippen LogP contribution is 2.22. The number of hydrogen-bond donors (Lipinski definition) is 3. The molecule has 0 unspecified atom stereocenters. The minimum absolute atomic E-state index is 0.517. The first kappa shape index (κ1) is 15.2. The number of nitrogens with two attached hydrogens (primary N) is 1. The molecule has 0 aliphatic rings. The van der Waals surface area contributed by atoms with Crippen molar-refractivity contribution in [1.29, 1.82) is 0 Å². The van der Waals surface area contributed by atoms with E-state index in [0.717, 1.165) is 22.4 Å². The summed E-state index contributed by atoms with van der Waals surface area (Å²) < 4.78 is 1.72. The lowest BCUT2D eigenvalue weighted by atomic mass is 9.93. The number of aryl methyl sites for hydroxylation is 1. The zero-order chi connectivity index (χ0) is 16.4. The van der Waals surface area contributed by atoms with Crippen LogP contribution in [0.3, 0.4) is 0 Å². The maximum absolute atomic E-state index is 6.43. The van der Waals surface area contributed by atoms with Gasteiger partial charge in [0.05, 0.1) is 17.1 Å². The summed E-state index contributed by atoms with van der Waals surface area (Å²) in [5, 5.41) is 11.4. The second kappa shape index (κ2) is 5.85. The van der Waals surface area contributed by atoms with E-state index in [1.807, 2.05) is 51.4 Å². The number of hydrogen-bond acceptors (Lipinski definition) is 6. The smallest absolute Gasteiger partial charge is 0.226 e. The summed E-state index contributed by atoms with van der Waals surface area (Å²) in [6, 6.07) is 9.99. The van der Waals surface area contributed by atoms with Gasteiger partial charge in [-0.3, -0.25) is 4.68 Å². The van der Waals surface area contributed by atoms with E-state index >= 15 is 0 Å². The second-order valence-corrected chi connectivity index (χ2v) is 5.79. The fraction of sp³-hybridized carbons (Fsp3) is 0.312. The predicted molar refractivity (Wildman–Crippen MR) is 92.3 cm³/mol. The number of aromatic nitrogens is 4. The summed E-state index contributed by atoms with van der Waals surface area (Å²) in [4.78, 5) is 9.01. The molecular formula is C16H21N7. The highest BCUT2D eigenvalue weighted by Gasteiger charge is 2.21. The Morgan fingerprint density at radius 3 is 2.65 bits per heavy atom. The summed E-state index contributed by atoms with van der Waals surface area (Å²) >= 11 is 0. The monoisotopic (exact) mass is 311 g/mol. The molecule has 0 aliphatic carbocycles. The molecule has 23 heavy (non-hydrogen) atoms. The Labute approximate surface area is 134 Å². The second-order valence-electron chi connectivity index (χ2n) is 5.79. The minimum atomic E-state index is -0.522. The maximum Gasteiger partial charge on any atom is 0.226 e. The summed E-state index contributed by atoms with van der Waals surface area (Å²) in [6.45, 7) is 2.50. The van der Waals surface area contributed by atoms with Gasteiger partial charge in [0.15, 0.2) is 5.65 Å². The molecule has 0 bridgehead atoms. The van der Waals surface area contributed by atoms with Crippen molar-refractivity contribution in [2.24, 2.45) is 12.8 Å². The summed E-state index contributed by atoms with van der Waals surface area (Å²) in [5.74, 6) is 1.27. The normalized spacial score (nSPS) is 13.7. The Morgan fingerprint density at radius 2 is 1.96 bits per heavy atom. The van der Waals surface area contributed by atoms with Crippen LogP contribution in [0.2, 0.25) is 0 Å². The molecule has 0 aliphatic heterocycles. The van der Waals surface area contributed by atoms with Gasteiger partial charge in [-0.1, -0.05) is 30.3 Å². The lowest BCUT2D eigenvalue weighted by Gasteiger charge is -2.25. The molecule has 1 aromatic carbocycles. The molecule has 0 spiro atoms. The van der Waals surface area contributed by atoms with E-state index in [0.29, 0.717) is 12.5 Å². The summed E-state index contributed by atoms with van der Waals surface area (Å²) in [7, 11) is 3.69. The molecule has 2 heterocycles. The van der Waals surface area contributed by atoms with E-state index in [2.05, 4.69) is 25.7 Å². The van der Waals surface area contributed by atoms with Gasteiger partial charge in [-0.2, -0.15) is 15.1 Å². The number of nitrogens with zero attached hydrogens (tertiary/aromatic N) is 4. The SMILES string of the molecule is CNc1nc(NC[C@](C)(N)c2ccccc2)nc2c1cnn2C. The largest absolute Gasteiger partial charge is 0.372 e. The number of rotatable bonds is 5. The van der Waals surface area contributed by atoms with Crippen LogP contribution in [0.5, 0.6) is 0 Å². The van der Waals surface area contributed by atoms with Crippen LogP contribution >= 0.6 is 0 Å². The van der Waals surface area contributed by atoms with Gasteiger partial charge in [0.1, 0.15) is 5.82 Å². The van der Waals surface area contributed by atoms with Crippen LogP contribution in [0.25, 0.3) is 11.0 Å². The van der Waals surface area contributed by atoms with Gasteiger partial charge < -0.3 is 16.4 Å². The van der Waals surface area contributed by atoms with E-state index in [9.17, 15) is 0 Å². The lowest BCUT2D eigenvalue weighted by molar-refractivity contribution is 0.523. The molecule has 0 radical (unpaired) electrons. The molecule has 120 valence electrons. The van der Waals surface area contributed by atoms with Crippen LogP contribution in [0.1, 0.15) is 12.5 Å². The highest BCUT2D eigenvalue weighted by atomic mass is 15.3. The Bertz CT molecular complexity index is 808. The van der Waals surface area contributed by atoms with Gasteiger partial charge >= 0.3 is 0 Å². The highest BCUT2D eigenvalue weighted by molar-refractivity contribution is 5.87. The molecule has 0 saturated carbocycles. The van der Waals surface area contributed by atoms with Gasteiger partial charge in [-0.25, -0.2) is 0 Å². The Morgan fingerprint density at radius 1 is 1.22 bits per heavy atom. The fourth-order valence-corrected chi connectivity index (χ4v) is 2.48. The zero-order valence-electron chi connectivity index (χ0n) is 13.5. The maximum atomic E-state index is 6.43. The molecule has 7 heteroatoms. The predicted octanol–water partition coefficient (Wildman–Crippen LogP) is 1.69. The fourth-order valence-electron chi connectivity index (χ4n) is 2.48. The molecule has 0 fully saturated rings. The molecular weight excluding hydrogens is 290 g/mol. The van der Waals surface area contributed by atoms with Crippen LogP contribution in [0.4, 0.5) is 11.8 Å². The van der Waals surface area contributed by atoms with E-state index in [-0.39, 0.29) is 0 Å². The number of nitrogens with one attached hydrogen (secondary N) is 2. The van der Waals surface area contributed by atoms with Gasteiger partial charge in [0.2, 0.25) is 5.95 Å². The van der Waals surface area contributed by atoms with Crippen molar-refractivity contribution in [3.63, 3.8) is 0 Å². The molecule has 4 N–H and O–H groups in total. The van der Waals surface area contributed by atoms with E-state index < -0.39 is 5.54 Å². The zero-order valence-corrected chi connectivity index (χ0v) is 13.5. The molecule has 3 rings (SSSR count). The lowest BCUT2D eigenvalue weighted by Crippen LogP contribution is -2.40. The van der Waals surface area contributed by atoms with Gasteiger partial charge in [-0.05, 0) is 12.5 Å². The van der Waals surface area contributed by atoms with Crippen LogP contribution < -0.4 is 16.4 Å². The first-order chi connectivity index (χ1) is 11.0. The van der Waals surface area contributed by atoms with Crippen molar-refractivity contribution in [1.82, 2.24) is 19.7 Å². The standard InChI is InChI=1S/C16H21N7/c1-16(17,11-7-5-4-6-8-11)10-19-15-21-13(18-2)12-9-20-23(3)14(12)22-15/h4-9H,10,17H2,1-3H3,(H2,18,19,21,22)/t16-/m0/s1. The van der Waals surface area contributed by atoms with Crippen molar-refractivity contribution in [3.05, 3.63) is 42.1 Å². The third-order valence-corrected chi connectivity index (χ3v) is 3.88. The Kier molecular flexibility index (Phi) is 3.87. The van der Waals surface area contributed by atoms with Crippen molar-refractivity contribution in [2.45, 2.75) is 12.5 Å². The van der Waals surface area contributed by atoms with Gasteiger partial charge in [0, 0.05) is 20.6 Å². The quantitative estimate of drug-likeness (QED) is 0.664. The molecule has 7 nitrogen and oxygen atoms in total. The molecule has 2 aromatic heterocycles. The van der Waals surface area contributed by atoms with Crippen molar-refractivity contribution in [2.75, 3.05) is 24.2 Å². The Hall–Kier alpha value is -2.67. The Balaban J connectivity index is 1.86. The van der Waals surface area contributed by atoms with Crippen LogP contribution in [-0.2, 0) is 12.6 Å². The van der Waals surface area contributed by atoms with Gasteiger partial charge in [-0.15, -0.1) is 0 Å². The molecule has 3 aromatic rings. The van der Waals surface area contributed by atoms with E-state index in [1.165, 1.54) is 0 Å².